The summed E-state index contributed by atoms with van der Waals surface area (Å²) in [4.78, 5) is 10.9. The van der Waals surface area contributed by atoms with E-state index in [1.54, 1.807) is 11.0 Å². The lowest BCUT2D eigenvalue weighted by atomic mass is 10.2. The third kappa shape index (κ3) is 2.33. The largest absolute Gasteiger partial charge is 0.325 e. The zero-order chi connectivity index (χ0) is 14.8. The molecule has 0 N–H and O–H groups in total. The smallest absolute Gasteiger partial charge is 0.183 e. The first kappa shape index (κ1) is 13.5. The van der Waals surface area contributed by atoms with Gasteiger partial charge in [-0.3, -0.25) is 0 Å². The second-order valence-corrected chi connectivity index (χ2v) is 4.86. The predicted octanol–water partition coefficient (Wildman–Crippen LogP) is 2.71. The molecule has 0 saturated heterocycles. The van der Waals surface area contributed by atoms with E-state index in [4.69, 9.17) is 0 Å². The Morgan fingerprint density at radius 3 is 2.76 bits per heavy atom. The van der Waals surface area contributed by atoms with E-state index in [1.807, 2.05) is 6.92 Å². The number of hydrogen-bond acceptors (Lipinski definition) is 5. The van der Waals surface area contributed by atoms with Gasteiger partial charge in [-0.2, -0.15) is 0 Å². The summed E-state index contributed by atoms with van der Waals surface area (Å²) in [5.41, 5.74) is 3.83. The maximum Gasteiger partial charge on any atom is 0.183 e. The summed E-state index contributed by atoms with van der Waals surface area (Å²) >= 11 is 0. The molecule has 108 valence electrons. The van der Waals surface area contributed by atoms with E-state index in [2.05, 4.69) is 63.3 Å². The Balaban J connectivity index is 2.15. The molecule has 3 aromatic rings. The van der Waals surface area contributed by atoms with Crippen LogP contribution in [0.15, 0.2) is 30.6 Å². The van der Waals surface area contributed by atoms with Crippen molar-refractivity contribution in [3.05, 3.63) is 36.2 Å². The van der Waals surface area contributed by atoms with E-state index >= 15 is 0 Å². The molecule has 0 amide bonds. The SMILES string of the molecule is CCN(c1cccc(C)c1)c1ncnc2c1nnn2CC. The van der Waals surface area contributed by atoms with E-state index in [-0.39, 0.29) is 0 Å². The Bertz CT molecular complexity index is 764. The number of anilines is 2. The molecule has 21 heavy (non-hydrogen) atoms. The first-order valence-electron chi connectivity index (χ1n) is 7.13. The van der Waals surface area contributed by atoms with Crippen LogP contribution in [-0.2, 0) is 6.54 Å². The molecule has 0 unspecified atom stereocenters. The first-order chi connectivity index (χ1) is 10.2. The van der Waals surface area contributed by atoms with E-state index in [0.29, 0.717) is 0 Å². The van der Waals surface area contributed by atoms with Crippen LogP contribution in [0.1, 0.15) is 19.4 Å². The lowest BCUT2D eigenvalue weighted by Crippen LogP contribution is -2.18. The highest BCUT2D eigenvalue weighted by Crippen LogP contribution is 2.28. The maximum absolute atomic E-state index is 4.43. The summed E-state index contributed by atoms with van der Waals surface area (Å²) in [6.07, 6.45) is 1.58. The number of benzene rings is 1. The molecule has 0 saturated carbocycles. The Kier molecular flexibility index (Phi) is 3.51. The second-order valence-electron chi connectivity index (χ2n) is 4.86. The fraction of sp³-hybridized carbons (Fsp3) is 0.333. The van der Waals surface area contributed by atoms with Crippen molar-refractivity contribution in [1.29, 1.82) is 0 Å². The van der Waals surface area contributed by atoms with Crippen LogP contribution >= 0.6 is 0 Å². The zero-order valence-electron chi connectivity index (χ0n) is 12.5. The fourth-order valence-electron chi connectivity index (χ4n) is 2.44. The molecule has 3 rings (SSSR count). The predicted molar refractivity (Wildman–Crippen MR) is 82.7 cm³/mol. The van der Waals surface area contributed by atoms with Gasteiger partial charge in [-0.05, 0) is 38.5 Å². The minimum absolute atomic E-state index is 0.739. The van der Waals surface area contributed by atoms with Crippen molar-refractivity contribution in [2.75, 3.05) is 11.4 Å². The van der Waals surface area contributed by atoms with Crippen molar-refractivity contribution >= 4 is 22.7 Å². The van der Waals surface area contributed by atoms with Gasteiger partial charge in [0.1, 0.15) is 6.33 Å². The summed E-state index contributed by atoms with van der Waals surface area (Å²) < 4.78 is 1.78. The van der Waals surface area contributed by atoms with Crippen molar-refractivity contribution in [2.24, 2.45) is 0 Å². The Morgan fingerprint density at radius 1 is 1.19 bits per heavy atom. The van der Waals surface area contributed by atoms with Crippen molar-refractivity contribution < 1.29 is 0 Å². The number of nitrogens with zero attached hydrogens (tertiary/aromatic N) is 6. The van der Waals surface area contributed by atoms with Gasteiger partial charge >= 0.3 is 0 Å². The topological polar surface area (TPSA) is 59.7 Å². The lowest BCUT2D eigenvalue weighted by Gasteiger charge is -2.22. The highest BCUT2D eigenvalue weighted by Gasteiger charge is 2.17. The third-order valence-corrected chi connectivity index (χ3v) is 3.47. The number of aryl methyl sites for hydroxylation is 2. The molecule has 6 heteroatoms. The molecule has 6 nitrogen and oxygen atoms in total. The second kappa shape index (κ2) is 5.47. The maximum atomic E-state index is 4.43. The van der Waals surface area contributed by atoms with Gasteiger partial charge in [0.15, 0.2) is 17.0 Å². The van der Waals surface area contributed by atoms with Gasteiger partial charge in [0.05, 0.1) is 0 Å². The molecule has 0 radical (unpaired) electrons. The van der Waals surface area contributed by atoms with Crippen molar-refractivity contribution in [3.63, 3.8) is 0 Å². The van der Waals surface area contributed by atoms with E-state index < -0.39 is 0 Å². The summed E-state index contributed by atoms with van der Waals surface area (Å²) in [6, 6.07) is 8.35. The van der Waals surface area contributed by atoms with Crippen LogP contribution < -0.4 is 4.90 Å². The summed E-state index contributed by atoms with van der Waals surface area (Å²) in [6.45, 7) is 7.74. The number of rotatable bonds is 4. The average molecular weight is 282 g/mol. The molecule has 0 atom stereocenters. The molecular formula is C15H18N6. The monoisotopic (exact) mass is 282 g/mol. The van der Waals surface area contributed by atoms with Gasteiger partial charge in [0, 0.05) is 18.8 Å². The third-order valence-electron chi connectivity index (χ3n) is 3.47. The van der Waals surface area contributed by atoms with Gasteiger partial charge in [-0.25, -0.2) is 14.6 Å². The van der Waals surface area contributed by atoms with E-state index in [9.17, 15) is 0 Å². The normalized spacial score (nSPS) is 11.0. The van der Waals surface area contributed by atoms with Crippen molar-refractivity contribution in [2.45, 2.75) is 27.3 Å². The minimum Gasteiger partial charge on any atom is -0.325 e. The van der Waals surface area contributed by atoms with Crippen LogP contribution in [-0.4, -0.2) is 31.5 Å². The number of fused-ring (bicyclic) bond motifs is 1. The van der Waals surface area contributed by atoms with Crippen molar-refractivity contribution in [3.8, 4) is 0 Å². The van der Waals surface area contributed by atoms with E-state index in [1.165, 1.54) is 5.56 Å². The molecule has 2 aromatic heterocycles. The molecule has 0 spiro atoms. The Labute approximate surface area is 123 Å². The number of hydrogen-bond donors (Lipinski definition) is 0. The quantitative estimate of drug-likeness (QED) is 0.736. The summed E-state index contributed by atoms with van der Waals surface area (Å²) in [5.74, 6) is 0.799. The van der Waals surface area contributed by atoms with E-state index in [0.717, 1.165) is 35.8 Å². The van der Waals surface area contributed by atoms with Crippen LogP contribution in [0.25, 0.3) is 11.2 Å². The van der Waals surface area contributed by atoms with Gasteiger partial charge in [-0.15, -0.1) is 5.10 Å². The fourth-order valence-corrected chi connectivity index (χ4v) is 2.44. The molecular weight excluding hydrogens is 264 g/mol. The van der Waals surface area contributed by atoms with Gasteiger partial charge in [0.2, 0.25) is 0 Å². The average Bonchev–Trinajstić information content (AvgIpc) is 2.92. The Hall–Kier alpha value is -2.50. The highest BCUT2D eigenvalue weighted by atomic mass is 15.4. The van der Waals surface area contributed by atoms with Gasteiger partial charge in [-0.1, -0.05) is 17.3 Å². The molecule has 0 fully saturated rings. The number of aromatic nitrogens is 5. The van der Waals surface area contributed by atoms with Gasteiger partial charge < -0.3 is 4.90 Å². The minimum atomic E-state index is 0.739. The van der Waals surface area contributed by atoms with Crippen molar-refractivity contribution in [1.82, 2.24) is 25.0 Å². The van der Waals surface area contributed by atoms with Crippen LogP contribution in [0.5, 0.6) is 0 Å². The molecule has 2 heterocycles. The van der Waals surface area contributed by atoms with Crippen LogP contribution in [0, 0.1) is 6.92 Å². The highest BCUT2D eigenvalue weighted by molar-refractivity contribution is 5.85. The lowest BCUT2D eigenvalue weighted by molar-refractivity contribution is 0.641. The van der Waals surface area contributed by atoms with Crippen LogP contribution in [0.4, 0.5) is 11.5 Å². The Morgan fingerprint density at radius 2 is 2.05 bits per heavy atom. The van der Waals surface area contributed by atoms with Crippen LogP contribution in [0.2, 0.25) is 0 Å². The molecule has 0 aliphatic carbocycles. The first-order valence-corrected chi connectivity index (χ1v) is 7.13. The summed E-state index contributed by atoms with van der Waals surface area (Å²) in [5, 5.41) is 8.39. The molecule has 0 aliphatic rings. The standard InChI is InChI=1S/C15H18N6/c1-4-20(12-8-6-7-11(3)9-12)14-13-15(17-10-16-14)21(5-2)19-18-13/h6-10H,4-5H2,1-3H3. The summed E-state index contributed by atoms with van der Waals surface area (Å²) in [7, 11) is 0. The molecule has 0 bridgehead atoms. The van der Waals surface area contributed by atoms with Crippen LogP contribution in [0.3, 0.4) is 0 Å². The molecule has 1 aromatic carbocycles. The zero-order valence-corrected chi connectivity index (χ0v) is 12.5. The van der Waals surface area contributed by atoms with Gasteiger partial charge in [0.25, 0.3) is 0 Å². The molecule has 0 aliphatic heterocycles.